The summed E-state index contributed by atoms with van der Waals surface area (Å²) in [5.74, 6) is 0.351. The number of aliphatic imine (C=N–C) groups is 1. The molecule has 2 aromatic heterocycles. The third-order valence-electron chi connectivity index (χ3n) is 7.80. The molecule has 40 heavy (non-hydrogen) atoms. The number of pyridine rings is 1. The number of rotatable bonds is 9. The van der Waals surface area contributed by atoms with Crippen LogP contribution in [-0.2, 0) is 25.9 Å². The molecule has 0 fully saturated rings. The molecule has 0 bridgehead atoms. The minimum atomic E-state index is -0.0590. The second-order valence-electron chi connectivity index (χ2n) is 10.4. The van der Waals surface area contributed by atoms with Crippen molar-refractivity contribution in [1.29, 1.82) is 0 Å². The number of hydrogen-bond acceptors (Lipinski definition) is 7. The summed E-state index contributed by atoms with van der Waals surface area (Å²) in [6, 6.07) is 23.6. The van der Waals surface area contributed by atoms with E-state index in [1.807, 2.05) is 12.3 Å². The number of anilines is 1. The summed E-state index contributed by atoms with van der Waals surface area (Å²) in [7, 11) is 0. The average Bonchev–Trinajstić information content (AvgIpc) is 3.46. The highest BCUT2D eigenvalue weighted by atomic mass is 15.3. The third kappa shape index (κ3) is 5.44. The Hall–Kier alpha value is -4.56. The Morgan fingerprint density at radius 1 is 1.02 bits per heavy atom. The van der Waals surface area contributed by atoms with Crippen molar-refractivity contribution in [2.45, 2.75) is 44.7 Å². The Morgan fingerprint density at radius 3 is 2.85 bits per heavy atom. The van der Waals surface area contributed by atoms with Gasteiger partial charge in [0, 0.05) is 18.7 Å². The van der Waals surface area contributed by atoms with Crippen LogP contribution < -0.4 is 16.8 Å². The Labute approximate surface area is 233 Å². The predicted molar refractivity (Wildman–Crippen MR) is 162 cm³/mol. The topological polar surface area (TPSA) is 131 Å². The van der Waals surface area contributed by atoms with Crippen molar-refractivity contribution in [3.8, 4) is 0 Å². The summed E-state index contributed by atoms with van der Waals surface area (Å²) in [6.45, 7) is 2.55. The lowest BCUT2D eigenvalue weighted by atomic mass is 9.86. The molecule has 1 atom stereocenters. The van der Waals surface area contributed by atoms with E-state index in [0.29, 0.717) is 23.5 Å². The van der Waals surface area contributed by atoms with E-state index >= 15 is 0 Å². The number of nitrogen functional groups attached to an aromatic ring is 1. The largest absolute Gasteiger partial charge is 0.404 e. The van der Waals surface area contributed by atoms with Crippen LogP contribution in [0.2, 0.25) is 0 Å². The zero-order chi connectivity index (χ0) is 27.3. The van der Waals surface area contributed by atoms with Gasteiger partial charge in [-0.25, -0.2) is 4.98 Å². The van der Waals surface area contributed by atoms with E-state index < -0.39 is 0 Å². The molecule has 0 saturated carbocycles. The van der Waals surface area contributed by atoms with Gasteiger partial charge in [-0.1, -0.05) is 60.7 Å². The van der Waals surface area contributed by atoms with Crippen LogP contribution in [0.5, 0.6) is 0 Å². The highest BCUT2D eigenvalue weighted by Gasteiger charge is 2.22. The molecule has 8 nitrogen and oxygen atoms in total. The van der Waals surface area contributed by atoms with E-state index in [0.717, 1.165) is 49.9 Å². The molecule has 5 aromatic rings. The average molecular weight is 531 g/mol. The van der Waals surface area contributed by atoms with E-state index in [2.05, 4.69) is 86.4 Å². The monoisotopic (exact) mass is 530 g/mol. The van der Waals surface area contributed by atoms with Gasteiger partial charge < -0.3 is 16.8 Å². The van der Waals surface area contributed by atoms with Crippen molar-refractivity contribution in [2.75, 3.05) is 12.3 Å². The molecule has 0 saturated heterocycles. The molecule has 0 aliphatic carbocycles. The summed E-state index contributed by atoms with van der Waals surface area (Å²) in [6.07, 6.45) is 7.36. The summed E-state index contributed by atoms with van der Waals surface area (Å²) in [4.78, 5) is 9.17. The van der Waals surface area contributed by atoms with E-state index in [1.54, 1.807) is 6.20 Å². The molecule has 6 rings (SSSR count). The third-order valence-corrected chi connectivity index (χ3v) is 7.80. The van der Waals surface area contributed by atoms with Gasteiger partial charge in [0.1, 0.15) is 11.3 Å². The smallest absolute Gasteiger partial charge is 0.203 e. The molecule has 0 amide bonds. The molecular weight excluding hydrogens is 496 g/mol. The summed E-state index contributed by atoms with van der Waals surface area (Å²) < 4.78 is 0. The van der Waals surface area contributed by atoms with Crippen LogP contribution in [0.15, 0.2) is 83.5 Å². The maximum atomic E-state index is 6.25. The van der Waals surface area contributed by atoms with Crippen LogP contribution in [0.4, 0.5) is 5.82 Å². The number of allylic oxidation sites excluding steroid dienone is 1. The summed E-state index contributed by atoms with van der Waals surface area (Å²) >= 11 is 0. The van der Waals surface area contributed by atoms with Gasteiger partial charge in [-0.15, -0.1) is 5.10 Å². The normalized spacial score (nSPS) is 14.7. The number of nitrogens with zero attached hydrogens (tertiary/aromatic N) is 4. The van der Waals surface area contributed by atoms with E-state index in [1.165, 1.54) is 33.0 Å². The standard InChI is InChI=1S/C32H34N8/c33-17-26(20-36-18-21-11-12-25-19-35-14-13-24(25)15-21)28(29-16-30(34)37-32-31(29)38-40-39-32)10-4-8-23-7-3-6-22-5-1-2-9-27(22)23/h1-3,5-7,9,11-12,15-17,20,28,35H,4,8,10,13-14,18-19,33H2,(H3,34,37,38,39,40). The van der Waals surface area contributed by atoms with Gasteiger partial charge in [0.2, 0.25) is 5.65 Å². The van der Waals surface area contributed by atoms with Crippen molar-refractivity contribution in [3.63, 3.8) is 0 Å². The minimum Gasteiger partial charge on any atom is -0.404 e. The number of aryl methyl sites for hydroxylation is 1. The SMILES string of the molecule is NC=C(C=NCc1ccc2c(c1)CCNC2)C(CCCc1cccc2ccccc12)c1cc(N)nc2n[nH]nc12. The quantitative estimate of drug-likeness (QED) is 0.199. The zero-order valence-corrected chi connectivity index (χ0v) is 22.5. The molecule has 3 heterocycles. The second-order valence-corrected chi connectivity index (χ2v) is 10.4. The van der Waals surface area contributed by atoms with E-state index in [4.69, 9.17) is 16.5 Å². The highest BCUT2D eigenvalue weighted by Crippen LogP contribution is 2.34. The first kappa shape index (κ1) is 25.7. The van der Waals surface area contributed by atoms with Crippen LogP contribution >= 0.6 is 0 Å². The van der Waals surface area contributed by atoms with Gasteiger partial charge >= 0.3 is 0 Å². The van der Waals surface area contributed by atoms with Gasteiger partial charge in [-0.05, 0) is 88.7 Å². The number of aromatic amines is 1. The molecule has 0 radical (unpaired) electrons. The minimum absolute atomic E-state index is 0.0590. The summed E-state index contributed by atoms with van der Waals surface area (Å²) in [5, 5.41) is 17.3. The van der Waals surface area contributed by atoms with E-state index in [9.17, 15) is 0 Å². The molecule has 3 aromatic carbocycles. The molecule has 6 N–H and O–H groups in total. The number of nitrogens with one attached hydrogen (secondary N) is 2. The molecule has 1 aliphatic heterocycles. The van der Waals surface area contributed by atoms with Crippen LogP contribution in [0.1, 0.15) is 46.6 Å². The maximum Gasteiger partial charge on any atom is 0.203 e. The lowest BCUT2D eigenvalue weighted by Gasteiger charge is -2.19. The van der Waals surface area contributed by atoms with Crippen molar-refractivity contribution in [3.05, 3.63) is 106 Å². The first-order chi connectivity index (χ1) is 19.7. The van der Waals surface area contributed by atoms with Crippen LogP contribution in [0.25, 0.3) is 21.9 Å². The second kappa shape index (κ2) is 11.7. The number of hydrogen-bond donors (Lipinski definition) is 4. The zero-order valence-electron chi connectivity index (χ0n) is 22.5. The van der Waals surface area contributed by atoms with Crippen molar-refractivity contribution in [1.82, 2.24) is 25.7 Å². The molecule has 8 heteroatoms. The van der Waals surface area contributed by atoms with Gasteiger partial charge in [0.05, 0.1) is 6.54 Å². The molecule has 1 unspecified atom stereocenters. The van der Waals surface area contributed by atoms with E-state index in [-0.39, 0.29) is 5.92 Å². The molecule has 202 valence electrons. The number of nitrogens with two attached hydrogens (primary N) is 2. The fraction of sp³-hybridized carbons (Fsp3) is 0.250. The number of aromatic nitrogens is 4. The van der Waals surface area contributed by atoms with Crippen molar-refractivity contribution >= 4 is 34.0 Å². The van der Waals surface area contributed by atoms with Crippen LogP contribution in [0, 0.1) is 0 Å². The lowest BCUT2D eigenvalue weighted by molar-refractivity contribution is 0.643. The van der Waals surface area contributed by atoms with Gasteiger partial charge in [0.15, 0.2) is 0 Å². The number of fused-ring (bicyclic) bond motifs is 3. The highest BCUT2D eigenvalue weighted by molar-refractivity contribution is 5.86. The number of benzene rings is 3. The molecular formula is C32H34N8. The van der Waals surface area contributed by atoms with Crippen molar-refractivity contribution in [2.24, 2.45) is 10.7 Å². The van der Waals surface area contributed by atoms with Crippen LogP contribution in [-0.4, -0.2) is 33.2 Å². The maximum absolute atomic E-state index is 6.25. The van der Waals surface area contributed by atoms with Gasteiger partial charge in [-0.3, -0.25) is 4.99 Å². The molecule has 1 aliphatic rings. The van der Waals surface area contributed by atoms with Crippen molar-refractivity contribution < 1.29 is 0 Å². The first-order valence-electron chi connectivity index (χ1n) is 13.9. The van der Waals surface area contributed by atoms with Crippen LogP contribution in [0.3, 0.4) is 0 Å². The Balaban J connectivity index is 1.26. The fourth-order valence-electron chi connectivity index (χ4n) is 5.79. The van der Waals surface area contributed by atoms with Gasteiger partial charge in [0.25, 0.3) is 0 Å². The Morgan fingerprint density at radius 2 is 1.93 bits per heavy atom. The Bertz CT molecular complexity index is 1700. The Kier molecular flexibility index (Phi) is 7.50. The predicted octanol–water partition coefficient (Wildman–Crippen LogP) is 4.95. The summed E-state index contributed by atoms with van der Waals surface area (Å²) in [5.41, 5.74) is 20.9. The molecule has 0 spiro atoms. The fourth-order valence-corrected chi connectivity index (χ4v) is 5.79. The number of H-pyrrole nitrogens is 1. The lowest BCUT2D eigenvalue weighted by Crippen LogP contribution is -2.23. The first-order valence-corrected chi connectivity index (χ1v) is 13.9. The van der Waals surface area contributed by atoms with Gasteiger partial charge in [-0.2, -0.15) is 10.3 Å².